The number of hydrogen-bond acceptors (Lipinski definition) is 4. The van der Waals surface area contributed by atoms with Gasteiger partial charge in [-0.2, -0.15) is 0 Å². The van der Waals surface area contributed by atoms with E-state index in [0.717, 1.165) is 0 Å². The second-order valence-corrected chi connectivity index (χ2v) is 4.45. The molecule has 21 heavy (non-hydrogen) atoms. The van der Waals surface area contributed by atoms with Gasteiger partial charge in [-0.15, -0.1) is 13.2 Å². The van der Waals surface area contributed by atoms with Gasteiger partial charge in [0.25, 0.3) is 0 Å². The number of hydrogen-bond donors (Lipinski definition) is 2. The Morgan fingerprint density at radius 3 is 2.86 bits per heavy atom. The summed E-state index contributed by atoms with van der Waals surface area (Å²) in [5.74, 6) is -0.644. The van der Waals surface area contributed by atoms with Gasteiger partial charge in [0.05, 0.1) is 13.2 Å². The lowest BCUT2D eigenvalue weighted by molar-refractivity contribution is -0.274. The molecule has 1 saturated heterocycles. The maximum atomic E-state index is 12.3. The third kappa shape index (κ3) is 4.91. The highest BCUT2D eigenvalue weighted by atomic mass is 19.4. The van der Waals surface area contributed by atoms with Gasteiger partial charge in [0.15, 0.2) is 0 Å². The molecule has 0 aromatic heterocycles. The van der Waals surface area contributed by atoms with E-state index >= 15 is 0 Å². The fourth-order valence-electron chi connectivity index (χ4n) is 1.91. The van der Waals surface area contributed by atoms with Crippen LogP contribution in [0.4, 0.5) is 13.2 Å². The molecule has 2 rings (SSSR count). The van der Waals surface area contributed by atoms with Gasteiger partial charge >= 0.3 is 6.36 Å². The van der Waals surface area contributed by atoms with Gasteiger partial charge in [-0.1, -0.05) is 18.2 Å². The Morgan fingerprint density at radius 2 is 2.19 bits per heavy atom. The van der Waals surface area contributed by atoms with E-state index in [0.29, 0.717) is 13.2 Å². The van der Waals surface area contributed by atoms with Crippen LogP contribution in [0.2, 0.25) is 0 Å². The smallest absolute Gasteiger partial charge is 0.405 e. The minimum atomic E-state index is -4.77. The maximum Gasteiger partial charge on any atom is 0.573 e. The van der Waals surface area contributed by atoms with Gasteiger partial charge in [0.1, 0.15) is 11.8 Å². The molecule has 2 N–H and O–H groups in total. The Hall–Kier alpha value is -1.80. The molecule has 1 aliphatic heterocycles. The van der Waals surface area contributed by atoms with Gasteiger partial charge < -0.3 is 20.1 Å². The SMILES string of the molecule is O=C(NCc1ccccc1OC(F)(F)F)C1COCCN1. The standard InChI is InChI=1S/C13H15F3N2O3/c14-13(15,16)21-11-4-2-1-3-9(11)7-18-12(19)10-8-20-6-5-17-10/h1-4,10,17H,5-8H2,(H,18,19). The molecule has 1 amide bonds. The number of nitrogens with one attached hydrogen (secondary N) is 2. The van der Waals surface area contributed by atoms with Crippen molar-refractivity contribution >= 4 is 5.91 Å². The number of carbonyl (C=O) groups is 1. The Morgan fingerprint density at radius 1 is 1.43 bits per heavy atom. The summed E-state index contributed by atoms with van der Waals surface area (Å²) >= 11 is 0. The molecule has 1 aliphatic rings. The first-order valence-corrected chi connectivity index (χ1v) is 6.38. The summed E-state index contributed by atoms with van der Waals surface area (Å²) in [4.78, 5) is 11.9. The molecule has 5 nitrogen and oxygen atoms in total. The average Bonchev–Trinajstić information content (AvgIpc) is 2.45. The highest BCUT2D eigenvalue weighted by Crippen LogP contribution is 2.26. The number of halogens is 3. The lowest BCUT2D eigenvalue weighted by Crippen LogP contribution is -2.51. The van der Waals surface area contributed by atoms with Crippen LogP contribution in [-0.4, -0.2) is 38.1 Å². The Labute approximate surface area is 119 Å². The molecule has 0 radical (unpaired) electrons. The summed E-state index contributed by atoms with van der Waals surface area (Å²) in [6, 6.07) is 5.19. The third-order valence-electron chi connectivity index (χ3n) is 2.89. The van der Waals surface area contributed by atoms with Crippen LogP contribution in [0.3, 0.4) is 0 Å². The quantitative estimate of drug-likeness (QED) is 0.877. The van der Waals surface area contributed by atoms with Gasteiger partial charge in [0.2, 0.25) is 5.91 Å². The molecular weight excluding hydrogens is 289 g/mol. The van der Waals surface area contributed by atoms with E-state index < -0.39 is 12.4 Å². The Bertz CT molecular complexity index is 488. The molecule has 1 unspecified atom stereocenters. The molecule has 1 aromatic carbocycles. The van der Waals surface area contributed by atoms with Crippen molar-refractivity contribution in [1.82, 2.24) is 10.6 Å². The lowest BCUT2D eigenvalue weighted by atomic mass is 10.2. The van der Waals surface area contributed by atoms with Gasteiger partial charge in [-0.3, -0.25) is 4.79 Å². The second kappa shape index (κ2) is 6.77. The molecule has 1 atom stereocenters. The average molecular weight is 304 g/mol. The number of para-hydroxylation sites is 1. The fourth-order valence-corrected chi connectivity index (χ4v) is 1.91. The van der Waals surface area contributed by atoms with Crippen LogP contribution < -0.4 is 15.4 Å². The molecule has 1 heterocycles. The number of benzene rings is 1. The van der Waals surface area contributed by atoms with Crippen molar-refractivity contribution < 1.29 is 27.4 Å². The minimum Gasteiger partial charge on any atom is -0.405 e. The highest BCUT2D eigenvalue weighted by Gasteiger charge is 2.32. The minimum absolute atomic E-state index is 0.0523. The van der Waals surface area contributed by atoms with E-state index in [2.05, 4.69) is 15.4 Å². The largest absolute Gasteiger partial charge is 0.573 e. The first kappa shape index (κ1) is 15.6. The highest BCUT2D eigenvalue weighted by molar-refractivity contribution is 5.82. The van der Waals surface area contributed by atoms with Crippen LogP contribution in [0.25, 0.3) is 0 Å². The van der Waals surface area contributed by atoms with Crippen LogP contribution in [-0.2, 0) is 16.1 Å². The van der Waals surface area contributed by atoms with Gasteiger partial charge in [-0.05, 0) is 6.07 Å². The zero-order valence-corrected chi connectivity index (χ0v) is 11.1. The fraction of sp³-hybridized carbons (Fsp3) is 0.462. The normalized spacial score (nSPS) is 19.1. The Kier molecular flexibility index (Phi) is 5.03. The van der Waals surface area contributed by atoms with Crippen molar-refractivity contribution in [2.75, 3.05) is 19.8 Å². The van der Waals surface area contributed by atoms with E-state index in [1.54, 1.807) is 6.07 Å². The lowest BCUT2D eigenvalue weighted by Gasteiger charge is -2.23. The zero-order chi connectivity index (χ0) is 15.3. The van der Waals surface area contributed by atoms with E-state index in [-0.39, 0.29) is 30.4 Å². The zero-order valence-electron chi connectivity index (χ0n) is 11.1. The van der Waals surface area contributed by atoms with Crippen LogP contribution >= 0.6 is 0 Å². The molecule has 116 valence electrons. The number of amides is 1. The molecule has 1 aromatic rings. The summed E-state index contributed by atoms with van der Waals surface area (Å²) < 4.78 is 45.9. The molecular formula is C13H15F3N2O3. The van der Waals surface area contributed by atoms with Crippen molar-refractivity contribution in [1.29, 1.82) is 0 Å². The van der Waals surface area contributed by atoms with Crippen molar-refractivity contribution in [3.8, 4) is 5.75 Å². The number of alkyl halides is 3. The van der Waals surface area contributed by atoms with Crippen molar-refractivity contribution in [2.45, 2.75) is 18.9 Å². The second-order valence-electron chi connectivity index (χ2n) is 4.45. The van der Waals surface area contributed by atoms with E-state index in [9.17, 15) is 18.0 Å². The van der Waals surface area contributed by atoms with Gasteiger partial charge in [0, 0.05) is 18.7 Å². The number of ether oxygens (including phenoxy) is 2. The summed E-state index contributed by atoms with van der Waals surface area (Å²) in [6.07, 6.45) is -4.77. The van der Waals surface area contributed by atoms with Crippen LogP contribution in [0.5, 0.6) is 5.75 Å². The van der Waals surface area contributed by atoms with Crippen LogP contribution in [0.1, 0.15) is 5.56 Å². The van der Waals surface area contributed by atoms with Crippen molar-refractivity contribution in [3.05, 3.63) is 29.8 Å². The summed E-state index contributed by atoms with van der Waals surface area (Å²) in [6.45, 7) is 1.29. The summed E-state index contributed by atoms with van der Waals surface area (Å²) in [7, 11) is 0. The van der Waals surface area contributed by atoms with Gasteiger partial charge in [-0.25, -0.2) is 0 Å². The molecule has 1 fully saturated rings. The summed E-state index contributed by atoms with van der Waals surface area (Å²) in [5, 5.41) is 5.53. The van der Waals surface area contributed by atoms with E-state index in [4.69, 9.17) is 4.74 Å². The van der Waals surface area contributed by atoms with Crippen LogP contribution in [0, 0.1) is 0 Å². The molecule has 0 saturated carbocycles. The van der Waals surface area contributed by atoms with Crippen molar-refractivity contribution in [3.63, 3.8) is 0 Å². The first-order valence-electron chi connectivity index (χ1n) is 6.38. The monoisotopic (exact) mass is 304 g/mol. The van der Waals surface area contributed by atoms with E-state index in [1.165, 1.54) is 18.2 Å². The molecule has 8 heteroatoms. The first-order chi connectivity index (χ1) is 9.96. The molecule has 0 spiro atoms. The predicted molar refractivity (Wildman–Crippen MR) is 67.6 cm³/mol. The molecule has 0 aliphatic carbocycles. The number of morpholine rings is 1. The Balaban J connectivity index is 1.94. The van der Waals surface area contributed by atoms with Crippen molar-refractivity contribution in [2.24, 2.45) is 0 Å². The topological polar surface area (TPSA) is 59.6 Å². The summed E-state index contributed by atoms with van der Waals surface area (Å²) in [5.41, 5.74) is 0.250. The third-order valence-corrected chi connectivity index (χ3v) is 2.89. The van der Waals surface area contributed by atoms with Crippen LogP contribution in [0.15, 0.2) is 24.3 Å². The molecule has 0 bridgehead atoms. The predicted octanol–water partition coefficient (Wildman–Crippen LogP) is 1.19. The van der Waals surface area contributed by atoms with E-state index in [1.807, 2.05) is 0 Å². The maximum absolute atomic E-state index is 12.3. The number of rotatable bonds is 4. The number of carbonyl (C=O) groups excluding carboxylic acids is 1.